The summed E-state index contributed by atoms with van der Waals surface area (Å²) in [6.45, 7) is 8.54. The van der Waals surface area contributed by atoms with Crippen LogP contribution >= 0.6 is 0 Å². The fourth-order valence-electron chi connectivity index (χ4n) is 4.15. The largest absolute Gasteiger partial charge is 0.319 e. The van der Waals surface area contributed by atoms with E-state index in [-0.39, 0.29) is 0 Å². The summed E-state index contributed by atoms with van der Waals surface area (Å²) in [4.78, 5) is 0. The maximum Gasteiger partial charge on any atom is 0.00202 e. The predicted molar refractivity (Wildman–Crippen MR) is 83.4 cm³/mol. The zero-order chi connectivity index (χ0) is 13.8. The summed E-state index contributed by atoms with van der Waals surface area (Å²) in [5.74, 6) is 0.940. The minimum absolute atomic E-state index is 0.477. The molecule has 2 rings (SSSR count). The van der Waals surface area contributed by atoms with Crippen molar-refractivity contribution in [2.24, 2.45) is 16.7 Å². The van der Waals surface area contributed by atoms with Gasteiger partial charge in [0.05, 0.1) is 0 Å². The second-order valence-corrected chi connectivity index (χ2v) is 7.81. The Morgan fingerprint density at radius 3 is 2.21 bits per heavy atom. The summed E-state index contributed by atoms with van der Waals surface area (Å²) in [6, 6.07) is 0. The number of hydrogen-bond donors (Lipinski definition) is 2. The van der Waals surface area contributed by atoms with Crippen LogP contribution in [0.15, 0.2) is 0 Å². The molecule has 0 heterocycles. The van der Waals surface area contributed by atoms with Crippen LogP contribution in [0.4, 0.5) is 0 Å². The van der Waals surface area contributed by atoms with Gasteiger partial charge in [0.15, 0.2) is 0 Å². The van der Waals surface area contributed by atoms with Crippen molar-refractivity contribution >= 4 is 0 Å². The van der Waals surface area contributed by atoms with Crippen molar-refractivity contribution in [2.45, 2.75) is 65.2 Å². The average Bonchev–Trinajstić information content (AvgIpc) is 2.37. The summed E-state index contributed by atoms with van der Waals surface area (Å²) >= 11 is 0. The van der Waals surface area contributed by atoms with E-state index < -0.39 is 0 Å². The fourth-order valence-corrected chi connectivity index (χ4v) is 4.15. The van der Waals surface area contributed by atoms with Gasteiger partial charge in [0.2, 0.25) is 0 Å². The Balaban J connectivity index is 1.74. The first-order valence-electron chi connectivity index (χ1n) is 8.43. The molecule has 0 aromatic rings. The van der Waals surface area contributed by atoms with Gasteiger partial charge in [-0.15, -0.1) is 0 Å². The Morgan fingerprint density at radius 2 is 1.68 bits per heavy atom. The van der Waals surface area contributed by atoms with Crippen LogP contribution in [0.5, 0.6) is 0 Å². The zero-order valence-corrected chi connectivity index (χ0v) is 13.4. The van der Waals surface area contributed by atoms with E-state index in [1.807, 2.05) is 0 Å². The van der Waals surface area contributed by atoms with Crippen molar-refractivity contribution in [3.05, 3.63) is 0 Å². The molecule has 0 unspecified atom stereocenters. The summed E-state index contributed by atoms with van der Waals surface area (Å²) in [7, 11) is 2.09. The minimum Gasteiger partial charge on any atom is -0.319 e. The summed E-state index contributed by atoms with van der Waals surface area (Å²) in [5, 5.41) is 7.19. The number of hydrogen-bond acceptors (Lipinski definition) is 2. The van der Waals surface area contributed by atoms with Crippen molar-refractivity contribution in [3.8, 4) is 0 Å². The van der Waals surface area contributed by atoms with E-state index in [0.29, 0.717) is 10.8 Å². The molecule has 2 saturated carbocycles. The summed E-state index contributed by atoms with van der Waals surface area (Å²) < 4.78 is 0. The number of rotatable bonds is 7. The highest BCUT2D eigenvalue weighted by atomic mass is 14.9. The van der Waals surface area contributed by atoms with Crippen LogP contribution in [-0.2, 0) is 0 Å². The lowest BCUT2D eigenvalue weighted by atomic mass is 9.68. The molecule has 0 saturated heterocycles. The Bertz CT molecular complexity index is 262. The van der Waals surface area contributed by atoms with Gasteiger partial charge < -0.3 is 10.6 Å². The van der Waals surface area contributed by atoms with Gasteiger partial charge in [-0.05, 0) is 49.5 Å². The van der Waals surface area contributed by atoms with Gasteiger partial charge in [0, 0.05) is 19.6 Å². The summed E-state index contributed by atoms with van der Waals surface area (Å²) in [6.07, 6.45) is 11.5. The van der Waals surface area contributed by atoms with Gasteiger partial charge in [-0.25, -0.2) is 0 Å². The predicted octanol–water partition coefficient (Wildman–Crippen LogP) is 3.57. The van der Waals surface area contributed by atoms with Crippen LogP contribution in [0.3, 0.4) is 0 Å². The lowest BCUT2D eigenvalue weighted by molar-refractivity contribution is 0.108. The molecule has 2 heteroatoms. The van der Waals surface area contributed by atoms with Crippen LogP contribution in [0.2, 0.25) is 0 Å². The third kappa shape index (κ3) is 3.95. The maximum absolute atomic E-state index is 3.81. The van der Waals surface area contributed by atoms with Crippen LogP contribution in [0, 0.1) is 16.7 Å². The molecule has 112 valence electrons. The maximum atomic E-state index is 3.81. The molecule has 0 radical (unpaired) electrons. The van der Waals surface area contributed by atoms with E-state index in [4.69, 9.17) is 0 Å². The Hall–Kier alpha value is -0.0800. The third-order valence-electron chi connectivity index (χ3n) is 5.76. The first-order valence-corrected chi connectivity index (χ1v) is 8.43. The van der Waals surface area contributed by atoms with E-state index in [1.165, 1.54) is 71.0 Å². The molecule has 0 aliphatic heterocycles. The molecule has 0 aromatic heterocycles. The Kier molecular flexibility index (Phi) is 5.30. The van der Waals surface area contributed by atoms with E-state index in [0.717, 1.165) is 5.92 Å². The van der Waals surface area contributed by atoms with Crippen LogP contribution in [0.1, 0.15) is 65.2 Å². The molecule has 0 aromatic carbocycles. The van der Waals surface area contributed by atoms with Crippen molar-refractivity contribution in [1.82, 2.24) is 10.6 Å². The molecule has 2 nitrogen and oxygen atoms in total. The molecule has 0 spiro atoms. The smallest absolute Gasteiger partial charge is 0.00202 e. The van der Waals surface area contributed by atoms with Gasteiger partial charge in [-0.2, -0.15) is 0 Å². The lowest BCUT2D eigenvalue weighted by Gasteiger charge is -2.44. The summed E-state index contributed by atoms with van der Waals surface area (Å²) in [5.41, 5.74) is 1.04. The van der Waals surface area contributed by atoms with Crippen LogP contribution in [0.25, 0.3) is 0 Å². The van der Waals surface area contributed by atoms with Gasteiger partial charge in [-0.1, -0.05) is 39.5 Å². The first-order chi connectivity index (χ1) is 9.08. The van der Waals surface area contributed by atoms with Gasteiger partial charge in [0.25, 0.3) is 0 Å². The third-order valence-corrected chi connectivity index (χ3v) is 5.76. The molecule has 2 N–H and O–H groups in total. The average molecular weight is 266 g/mol. The molecule has 2 aliphatic carbocycles. The first kappa shape index (κ1) is 15.3. The fraction of sp³-hybridized carbons (Fsp3) is 1.00. The minimum atomic E-state index is 0.477. The topological polar surface area (TPSA) is 24.1 Å². The van der Waals surface area contributed by atoms with Gasteiger partial charge in [-0.3, -0.25) is 0 Å². The SMILES string of the molecule is CNCC1(CNCC(C)(C)C2CCCCC2)CCC1. The van der Waals surface area contributed by atoms with E-state index in [2.05, 4.69) is 31.5 Å². The molecule has 2 fully saturated rings. The standard InChI is InChI=1S/C17H34N2/c1-16(2,15-8-5-4-6-9-15)12-19-14-17(13-18-3)10-7-11-17/h15,18-19H,4-14H2,1-3H3. The normalized spacial score (nSPS) is 24.2. The van der Waals surface area contributed by atoms with Crippen molar-refractivity contribution in [2.75, 3.05) is 26.7 Å². The van der Waals surface area contributed by atoms with Crippen molar-refractivity contribution in [3.63, 3.8) is 0 Å². The molecule has 0 amide bonds. The quantitative estimate of drug-likeness (QED) is 0.736. The zero-order valence-electron chi connectivity index (χ0n) is 13.4. The molecule has 0 atom stereocenters. The van der Waals surface area contributed by atoms with E-state index >= 15 is 0 Å². The van der Waals surface area contributed by atoms with E-state index in [9.17, 15) is 0 Å². The molecular formula is C17H34N2. The molecule has 2 aliphatic rings. The highest BCUT2D eigenvalue weighted by Gasteiger charge is 2.37. The molecule has 19 heavy (non-hydrogen) atoms. The Morgan fingerprint density at radius 1 is 1.00 bits per heavy atom. The highest BCUT2D eigenvalue weighted by molar-refractivity contribution is 4.92. The van der Waals surface area contributed by atoms with Crippen molar-refractivity contribution in [1.29, 1.82) is 0 Å². The van der Waals surface area contributed by atoms with Crippen molar-refractivity contribution < 1.29 is 0 Å². The second-order valence-electron chi connectivity index (χ2n) is 7.81. The van der Waals surface area contributed by atoms with Crippen LogP contribution in [-0.4, -0.2) is 26.7 Å². The number of nitrogens with one attached hydrogen (secondary N) is 2. The van der Waals surface area contributed by atoms with Gasteiger partial charge >= 0.3 is 0 Å². The lowest BCUT2D eigenvalue weighted by Crippen LogP contribution is -2.48. The second kappa shape index (κ2) is 6.58. The Labute approximate surface area is 120 Å². The van der Waals surface area contributed by atoms with Gasteiger partial charge in [0.1, 0.15) is 0 Å². The van der Waals surface area contributed by atoms with Crippen LogP contribution < -0.4 is 10.6 Å². The monoisotopic (exact) mass is 266 g/mol. The molecular weight excluding hydrogens is 232 g/mol. The van der Waals surface area contributed by atoms with E-state index in [1.54, 1.807) is 0 Å². The molecule has 0 bridgehead atoms. The highest BCUT2D eigenvalue weighted by Crippen LogP contribution is 2.41.